The highest BCUT2D eigenvalue weighted by Gasteiger charge is 2.53. The Balaban J connectivity index is 0.000000652. The van der Waals surface area contributed by atoms with E-state index in [0.29, 0.717) is 42.9 Å². The second kappa shape index (κ2) is 14.0. The Labute approximate surface area is 254 Å². The number of hydrogen-bond donors (Lipinski definition) is 3. The first kappa shape index (κ1) is 32.5. The van der Waals surface area contributed by atoms with Crippen LogP contribution in [-0.4, -0.2) is 69.4 Å². The molecule has 3 N–H and O–H groups in total. The van der Waals surface area contributed by atoms with Gasteiger partial charge in [0.15, 0.2) is 5.78 Å². The number of hydrogen-bond acceptors (Lipinski definition) is 6. The second-order valence-corrected chi connectivity index (χ2v) is 14.7. The molecule has 3 aliphatic carbocycles. The molecule has 6 fully saturated rings. The van der Waals surface area contributed by atoms with Crippen LogP contribution in [0.3, 0.4) is 0 Å². The monoisotopic (exact) mass is 608 g/mol. The van der Waals surface area contributed by atoms with E-state index in [4.69, 9.17) is 0 Å². The maximum atomic E-state index is 14.0. The Morgan fingerprint density at radius 1 is 1.00 bits per heavy atom. The van der Waals surface area contributed by atoms with Gasteiger partial charge in [-0.2, -0.15) is 0 Å². The number of aliphatic hydroxyl groups is 1. The van der Waals surface area contributed by atoms with Crippen LogP contribution in [0, 0.1) is 23.7 Å². The van der Waals surface area contributed by atoms with Crippen molar-refractivity contribution < 1.29 is 18.7 Å². The fourth-order valence-electron chi connectivity index (χ4n) is 8.98. The average molecular weight is 609 g/mol. The topological polar surface area (TPSA) is 67.8 Å². The Kier molecular flexibility index (Phi) is 10.8. The van der Waals surface area contributed by atoms with E-state index in [1.807, 2.05) is 0 Å². The summed E-state index contributed by atoms with van der Waals surface area (Å²) in [6.07, 6.45) is 19.1. The molecule has 3 saturated carbocycles. The van der Waals surface area contributed by atoms with E-state index in [1.165, 1.54) is 82.9 Å². The minimum Gasteiger partial charge on any atom is -0.378 e. The highest BCUT2D eigenvalue weighted by Crippen LogP contribution is 2.48. The molecular weight excluding hydrogens is 553 g/mol. The Hall–Kier alpha value is -0.920. The van der Waals surface area contributed by atoms with Gasteiger partial charge in [-0.3, -0.25) is 15.5 Å². The number of carbonyl (C=O) groups is 1. The smallest absolute Gasteiger partial charge is 0.273 e. The molecule has 0 spiro atoms. The van der Waals surface area contributed by atoms with Crippen molar-refractivity contribution >= 4 is 15.0 Å². The number of piperidine rings is 2. The van der Waals surface area contributed by atoms with Crippen molar-refractivity contribution in [2.24, 2.45) is 23.7 Å². The zero-order valence-corrected chi connectivity index (χ0v) is 27.0. The van der Waals surface area contributed by atoms with E-state index in [1.54, 1.807) is 9.24 Å². The molecule has 0 aromatic carbocycles. The molecule has 0 bridgehead atoms. The van der Waals surface area contributed by atoms with Gasteiger partial charge >= 0.3 is 0 Å². The van der Waals surface area contributed by atoms with Crippen LogP contribution in [0.1, 0.15) is 104 Å². The van der Waals surface area contributed by atoms with Gasteiger partial charge < -0.3 is 10.0 Å². The summed E-state index contributed by atoms with van der Waals surface area (Å²) >= 11 is 0. The molecule has 6 aliphatic rings. The second-order valence-electron chi connectivity index (χ2n) is 13.9. The van der Waals surface area contributed by atoms with Crippen molar-refractivity contribution in [1.29, 1.82) is 0 Å². The molecule has 6 nitrogen and oxygen atoms in total. The summed E-state index contributed by atoms with van der Waals surface area (Å²) in [5.41, 5.74) is 2.39. The molecule has 8 atom stereocenters. The fourth-order valence-corrected chi connectivity index (χ4v) is 9.24. The normalized spacial score (nSPS) is 39.5. The zero-order valence-electron chi connectivity index (χ0n) is 25.8. The van der Waals surface area contributed by atoms with Crippen molar-refractivity contribution in [2.75, 3.05) is 6.54 Å². The number of hydrazine groups is 1. The van der Waals surface area contributed by atoms with E-state index in [9.17, 15) is 18.7 Å². The lowest BCUT2D eigenvalue weighted by Gasteiger charge is -2.50. The highest BCUT2D eigenvalue weighted by atomic mass is 31.0. The number of alkyl halides is 2. The van der Waals surface area contributed by atoms with Gasteiger partial charge in [0.1, 0.15) is 6.23 Å². The third-order valence-electron chi connectivity index (χ3n) is 11.2. The van der Waals surface area contributed by atoms with E-state index in [-0.39, 0.29) is 11.7 Å². The summed E-state index contributed by atoms with van der Waals surface area (Å²) in [4.78, 5) is 12.3. The van der Waals surface area contributed by atoms with Crippen molar-refractivity contribution in [3.8, 4) is 0 Å². The van der Waals surface area contributed by atoms with Gasteiger partial charge in [-0.05, 0) is 102 Å². The number of likely N-dealkylation sites (tertiary alicyclic amines) is 1. The number of nitrogens with zero attached hydrogens (tertiary/aromatic N) is 2. The predicted octanol–water partition coefficient (Wildman–Crippen LogP) is 5.99. The first-order chi connectivity index (χ1) is 20.1. The maximum absolute atomic E-state index is 14.0. The Morgan fingerprint density at radius 3 is 2.21 bits per heavy atom. The molecule has 3 heterocycles. The summed E-state index contributed by atoms with van der Waals surface area (Å²) in [6.45, 7) is 7.84. The zero-order chi connectivity index (χ0) is 30.0. The number of allylic oxidation sites excluding steroid dienone is 2. The van der Waals surface area contributed by atoms with Gasteiger partial charge in [-0.25, -0.2) is 13.8 Å². The van der Waals surface area contributed by atoms with Gasteiger partial charge in [0.05, 0.1) is 6.04 Å². The molecule has 42 heavy (non-hydrogen) atoms. The van der Waals surface area contributed by atoms with Crippen LogP contribution in [0.5, 0.6) is 0 Å². The lowest BCUT2D eigenvalue weighted by molar-refractivity contribution is -0.112. The van der Waals surface area contributed by atoms with Gasteiger partial charge in [-0.1, -0.05) is 41.7 Å². The maximum Gasteiger partial charge on any atom is 0.273 e. The minimum absolute atomic E-state index is 0.0185. The Bertz CT molecular complexity index is 964. The third-order valence-corrected chi connectivity index (χ3v) is 11.6. The molecule has 3 aliphatic heterocycles. The first-order valence-corrected chi connectivity index (χ1v) is 17.4. The summed E-state index contributed by atoms with van der Waals surface area (Å²) in [5, 5.41) is 16.6. The van der Waals surface area contributed by atoms with Crippen LogP contribution >= 0.6 is 9.24 Å². The first-order valence-electron chi connectivity index (χ1n) is 16.9. The number of carbonyl (C=O) groups excluding carboxylic acids is 1. The number of aliphatic hydroxyl groups excluding tert-OH is 1. The van der Waals surface area contributed by atoms with E-state index in [2.05, 4.69) is 40.2 Å². The largest absolute Gasteiger partial charge is 0.378 e. The van der Waals surface area contributed by atoms with Crippen LogP contribution in [0.15, 0.2) is 24.4 Å². The molecule has 238 valence electrons. The molecular formula is C33H55F2N4O2P. The van der Waals surface area contributed by atoms with Crippen molar-refractivity contribution in [3.05, 3.63) is 24.4 Å². The van der Waals surface area contributed by atoms with Gasteiger partial charge in [-0.15, -0.1) is 0 Å². The highest BCUT2D eigenvalue weighted by molar-refractivity contribution is 7.18. The number of nitrogens with one attached hydrogen (secondary N) is 2. The van der Waals surface area contributed by atoms with Gasteiger partial charge in [0, 0.05) is 48.2 Å². The van der Waals surface area contributed by atoms with Crippen LogP contribution in [-0.2, 0) is 4.79 Å². The van der Waals surface area contributed by atoms with Gasteiger partial charge in [0.25, 0.3) is 5.66 Å². The Morgan fingerprint density at radius 2 is 1.64 bits per heavy atom. The lowest BCUT2D eigenvalue weighted by atomic mass is 9.77. The van der Waals surface area contributed by atoms with Crippen LogP contribution in [0.4, 0.5) is 8.78 Å². The molecule has 9 heteroatoms. The molecule has 0 radical (unpaired) electrons. The minimum atomic E-state index is -2.90. The summed E-state index contributed by atoms with van der Waals surface area (Å²) in [5.74, 6) is 2.53. The average Bonchev–Trinajstić information content (AvgIpc) is 3.78. The number of halogens is 2. The van der Waals surface area contributed by atoms with Crippen molar-refractivity contribution in [1.82, 2.24) is 20.7 Å². The molecule has 3 saturated heterocycles. The standard InChI is InChI=1S/C29H49F2N4OP.C4H6O/c1-2-5-23(21-14-15-26(29(30,31)37)32-28(21)36)34-17-16-25-27-22(6-3-4-7-24(27)34)33-35(25)20-12-10-19(11-13-20)18-8-9-18;1-3-4(2)5/h5,18-22,24-28,32-33,36H,2-4,6-17,37H2,1H3;3H,1H2,2H3/b23-5-;. The lowest BCUT2D eigenvalue weighted by Crippen LogP contribution is -2.58. The quantitative estimate of drug-likeness (QED) is 0.244. The summed E-state index contributed by atoms with van der Waals surface area (Å²) < 4.78 is 28.0. The SMILES string of the molecule is C=CC(C)=O.CC/C=C(/C1CCC(C(F)(F)P)NC1O)N1CCC2C3C(CCCCC31)NN2C1CCC(C2CC2)CC1. The van der Waals surface area contributed by atoms with Crippen molar-refractivity contribution in [3.63, 3.8) is 0 Å². The molecule has 8 unspecified atom stereocenters. The van der Waals surface area contributed by atoms with E-state index < -0.39 is 17.9 Å². The van der Waals surface area contributed by atoms with Crippen LogP contribution in [0.2, 0.25) is 0 Å². The van der Waals surface area contributed by atoms with Crippen LogP contribution in [0.25, 0.3) is 0 Å². The number of rotatable bonds is 7. The molecule has 0 aromatic rings. The molecule has 6 rings (SSSR count). The molecule has 0 aromatic heterocycles. The predicted molar refractivity (Wildman–Crippen MR) is 168 cm³/mol. The third kappa shape index (κ3) is 7.30. The van der Waals surface area contributed by atoms with Crippen molar-refractivity contribution in [2.45, 2.75) is 146 Å². The van der Waals surface area contributed by atoms with E-state index >= 15 is 0 Å². The summed E-state index contributed by atoms with van der Waals surface area (Å²) in [7, 11) is 1.65. The van der Waals surface area contributed by atoms with E-state index in [0.717, 1.165) is 31.2 Å². The number of ketones is 1. The summed E-state index contributed by atoms with van der Waals surface area (Å²) in [6, 6.07) is 1.31. The van der Waals surface area contributed by atoms with Gasteiger partial charge in [0.2, 0.25) is 0 Å². The fraction of sp³-hybridized carbons (Fsp3) is 0.848. The van der Waals surface area contributed by atoms with Crippen LogP contribution < -0.4 is 10.7 Å². The molecule has 0 amide bonds.